The highest BCUT2D eigenvalue weighted by atomic mass is 15.1. The van der Waals surface area contributed by atoms with Gasteiger partial charge in [-0.3, -0.25) is 10.2 Å². The number of hydrogen-bond acceptors (Lipinski definition) is 2. The van der Waals surface area contributed by atoms with Crippen molar-refractivity contribution in [3.63, 3.8) is 0 Å². The molecule has 2 aromatic rings. The zero-order chi connectivity index (χ0) is 12.8. The molecule has 0 radical (unpaired) electrons. The number of nitrogens with one attached hydrogen (secondary N) is 2. The zero-order valence-corrected chi connectivity index (χ0v) is 11.2. The first-order valence-corrected chi connectivity index (χ1v) is 5.70. The molecule has 2 N–H and O–H groups in total. The van der Waals surface area contributed by atoms with Crippen molar-refractivity contribution in [3.05, 3.63) is 35.9 Å². The predicted molar refractivity (Wildman–Crippen MR) is 69.3 cm³/mol. The molecule has 2 heterocycles. The number of H-pyrrole nitrogens is 2. The first-order valence-electron chi connectivity index (χ1n) is 5.70. The molecule has 2 rings (SSSR count). The molecule has 0 aromatic carbocycles. The summed E-state index contributed by atoms with van der Waals surface area (Å²) in [7, 11) is 0. The van der Waals surface area contributed by atoms with Crippen LogP contribution in [0.1, 0.15) is 39.0 Å². The van der Waals surface area contributed by atoms with Gasteiger partial charge in [-0.2, -0.15) is 10.2 Å². The van der Waals surface area contributed by atoms with Gasteiger partial charge in [0.05, 0.1) is 6.20 Å². The average Bonchev–Trinajstić information content (AvgIpc) is 2.98. The normalized spacial score (nSPS) is 7.38. The van der Waals surface area contributed by atoms with Crippen molar-refractivity contribution < 1.29 is 0 Å². The minimum Gasteiger partial charge on any atom is -0.285 e. The summed E-state index contributed by atoms with van der Waals surface area (Å²) in [5.41, 5.74) is 2.28. The summed E-state index contributed by atoms with van der Waals surface area (Å²) >= 11 is 0. The summed E-state index contributed by atoms with van der Waals surface area (Å²) in [6.45, 7) is 12.0. The third-order valence-corrected chi connectivity index (χ3v) is 1.27. The van der Waals surface area contributed by atoms with Gasteiger partial charge in [-0.25, -0.2) is 0 Å². The van der Waals surface area contributed by atoms with Crippen LogP contribution in [0.4, 0.5) is 0 Å². The molecule has 0 bridgehead atoms. The van der Waals surface area contributed by atoms with Crippen LogP contribution < -0.4 is 0 Å². The van der Waals surface area contributed by atoms with E-state index in [2.05, 4.69) is 20.4 Å². The number of hydrogen-bond donors (Lipinski definition) is 2. The lowest BCUT2D eigenvalue weighted by molar-refractivity contribution is 1.05. The minimum atomic E-state index is 1.11. The van der Waals surface area contributed by atoms with Gasteiger partial charge in [0.15, 0.2) is 0 Å². The number of aromatic amines is 2. The molecule has 0 aliphatic rings. The molecule has 0 amide bonds. The van der Waals surface area contributed by atoms with Gasteiger partial charge in [-0.15, -0.1) is 0 Å². The number of rotatable bonds is 0. The first kappa shape index (κ1) is 16.8. The molecule has 4 nitrogen and oxygen atoms in total. The lowest BCUT2D eigenvalue weighted by atomic mass is 10.4. The summed E-state index contributed by atoms with van der Waals surface area (Å²) in [4.78, 5) is 0. The van der Waals surface area contributed by atoms with Crippen LogP contribution in [0, 0.1) is 13.8 Å². The van der Waals surface area contributed by atoms with E-state index < -0.39 is 0 Å². The van der Waals surface area contributed by atoms with Gasteiger partial charge in [0.25, 0.3) is 0 Å². The monoisotopic (exact) mass is 224 g/mol. The molecule has 0 unspecified atom stereocenters. The average molecular weight is 224 g/mol. The first-order chi connectivity index (χ1) is 7.79. The van der Waals surface area contributed by atoms with Crippen LogP contribution in [0.5, 0.6) is 0 Å². The van der Waals surface area contributed by atoms with Crippen molar-refractivity contribution in [3.8, 4) is 0 Å². The van der Waals surface area contributed by atoms with Crippen molar-refractivity contribution in [2.75, 3.05) is 0 Å². The maximum Gasteiger partial charge on any atom is 0.0516 e. The molecular weight excluding hydrogens is 200 g/mol. The van der Waals surface area contributed by atoms with Crippen LogP contribution in [-0.4, -0.2) is 20.4 Å². The Kier molecular flexibility index (Phi) is 14.1. The van der Waals surface area contributed by atoms with Crippen LogP contribution in [0.15, 0.2) is 24.7 Å². The minimum absolute atomic E-state index is 1.11. The zero-order valence-electron chi connectivity index (χ0n) is 11.2. The predicted octanol–water partition coefficient (Wildman–Crippen LogP) is 3.49. The largest absolute Gasteiger partial charge is 0.285 e. The highest BCUT2D eigenvalue weighted by molar-refractivity contribution is 4.96. The van der Waals surface area contributed by atoms with Gasteiger partial charge in [-0.1, -0.05) is 27.7 Å². The second-order valence-electron chi connectivity index (χ2n) is 2.52. The van der Waals surface area contributed by atoms with Gasteiger partial charge >= 0.3 is 0 Å². The molecule has 2 aromatic heterocycles. The van der Waals surface area contributed by atoms with Gasteiger partial charge < -0.3 is 0 Å². The Labute approximate surface area is 98.5 Å². The van der Waals surface area contributed by atoms with E-state index in [-0.39, 0.29) is 0 Å². The van der Waals surface area contributed by atoms with Crippen LogP contribution in [0.2, 0.25) is 0 Å². The lowest BCUT2D eigenvalue weighted by Gasteiger charge is -1.68. The Morgan fingerprint density at radius 1 is 1.00 bits per heavy atom. The molecular formula is C12H24N4. The standard InChI is InChI=1S/2C4H6N2.2C2H6/c1-4-2-5-6-3-4;1-4-2-3-5-6-4;2*1-2/h2*2-3H,1H3,(H,5,6);2*1-2H3. The fraction of sp³-hybridized carbons (Fsp3) is 0.500. The molecule has 0 saturated heterocycles. The highest BCUT2D eigenvalue weighted by Gasteiger charge is 1.74. The number of nitrogens with zero attached hydrogens (tertiary/aromatic N) is 2. The Hall–Kier alpha value is -1.58. The summed E-state index contributed by atoms with van der Waals surface area (Å²) in [6, 6.07) is 1.92. The highest BCUT2D eigenvalue weighted by Crippen LogP contribution is 1.84. The third-order valence-electron chi connectivity index (χ3n) is 1.27. The van der Waals surface area contributed by atoms with Gasteiger partial charge in [-0.05, 0) is 25.5 Å². The smallest absolute Gasteiger partial charge is 0.0516 e. The SMILES string of the molecule is CC.CC.Cc1ccn[nH]1.Cc1cn[nH]c1. The Bertz CT molecular complexity index is 252. The second kappa shape index (κ2) is 13.4. The molecule has 0 atom stereocenters. The van der Waals surface area contributed by atoms with Gasteiger partial charge in [0.2, 0.25) is 0 Å². The molecule has 0 aliphatic carbocycles. The van der Waals surface area contributed by atoms with E-state index in [4.69, 9.17) is 0 Å². The van der Waals surface area contributed by atoms with Gasteiger partial charge in [0.1, 0.15) is 0 Å². The third kappa shape index (κ3) is 10.5. The molecule has 92 valence electrons. The Balaban J connectivity index is 0. The van der Waals surface area contributed by atoms with Crippen molar-refractivity contribution in [1.82, 2.24) is 20.4 Å². The summed E-state index contributed by atoms with van der Waals surface area (Å²) in [6.07, 6.45) is 5.36. The molecule has 16 heavy (non-hydrogen) atoms. The summed E-state index contributed by atoms with van der Waals surface area (Å²) in [5.74, 6) is 0. The lowest BCUT2D eigenvalue weighted by Crippen LogP contribution is -1.65. The Morgan fingerprint density at radius 2 is 1.62 bits per heavy atom. The second-order valence-corrected chi connectivity index (χ2v) is 2.52. The topological polar surface area (TPSA) is 57.4 Å². The van der Waals surface area contributed by atoms with Crippen molar-refractivity contribution >= 4 is 0 Å². The maximum absolute atomic E-state index is 3.70. The van der Waals surface area contributed by atoms with Crippen molar-refractivity contribution in [1.29, 1.82) is 0 Å². The fourth-order valence-electron chi connectivity index (χ4n) is 0.641. The molecule has 4 heteroatoms. The van der Waals surface area contributed by atoms with E-state index in [1.54, 1.807) is 12.4 Å². The van der Waals surface area contributed by atoms with Crippen LogP contribution in [0.25, 0.3) is 0 Å². The van der Waals surface area contributed by atoms with E-state index in [0.29, 0.717) is 0 Å². The molecule has 0 fully saturated rings. The summed E-state index contributed by atoms with van der Waals surface area (Å²) < 4.78 is 0. The van der Waals surface area contributed by atoms with E-state index in [1.165, 1.54) is 5.56 Å². The van der Waals surface area contributed by atoms with Crippen molar-refractivity contribution in [2.45, 2.75) is 41.5 Å². The van der Waals surface area contributed by atoms with Crippen molar-refractivity contribution in [2.24, 2.45) is 0 Å². The Morgan fingerprint density at radius 3 is 1.75 bits per heavy atom. The maximum atomic E-state index is 3.70. The number of aromatic nitrogens is 4. The van der Waals surface area contributed by atoms with Crippen LogP contribution in [0.3, 0.4) is 0 Å². The van der Waals surface area contributed by atoms with E-state index in [9.17, 15) is 0 Å². The van der Waals surface area contributed by atoms with Crippen LogP contribution in [-0.2, 0) is 0 Å². The van der Waals surface area contributed by atoms with E-state index in [1.807, 2.05) is 53.8 Å². The van der Waals surface area contributed by atoms with Gasteiger partial charge in [0, 0.05) is 18.1 Å². The van der Waals surface area contributed by atoms with E-state index in [0.717, 1.165) is 5.69 Å². The molecule has 0 saturated carbocycles. The summed E-state index contributed by atoms with van der Waals surface area (Å²) in [5, 5.41) is 12.8. The number of aryl methyl sites for hydroxylation is 2. The quantitative estimate of drug-likeness (QED) is 0.719. The van der Waals surface area contributed by atoms with E-state index >= 15 is 0 Å². The molecule has 0 spiro atoms. The molecule has 0 aliphatic heterocycles. The fourth-order valence-corrected chi connectivity index (χ4v) is 0.641. The van der Waals surface area contributed by atoms with Crippen LogP contribution >= 0.6 is 0 Å².